The van der Waals surface area contributed by atoms with E-state index in [0.29, 0.717) is 24.9 Å². The summed E-state index contributed by atoms with van der Waals surface area (Å²) in [6, 6.07) is 9.69. The molecule has 2 atom stereocenters. The van der Waals surface area contributed by atoms with Crippen LogP contribution in [0.2, 0.25) is 0 Å². The van der Waals surface area contributed by atoms with Gasteiger partial charge in [0, 0.05) is 19.0 Å². The van der Waals surface area contributed by atoms with Gasteiger partial charge in [0.25, 0.3) is 0 Å². The van der Waals surface area contributed by atoms with Gasteiger partial charge in [-0.15, -0.1) is 0 Å². The largest absolute Gasteiger partial charge is 1.00 e. The normalized spacial score (nSPS) is 18.8. The van der Waals surface area contributed by atoms with Gasteiger partial charge in [0.1, 0.15) is 5.82 Å². The molecule has 0 aromatic heterocycles. The number of aryl methyl sites for hydroxylation is 1. The average molecular weight is 401 g/mol. The van der Waals surface area contributed by atoms with Gasteiger partial charge >= 0.3 is 25.0 Å². The zero-order valence-corrected chi connectivity index (χ0v) is 16.3. The summed E-state index contributed by atoms with van der Waals surface area (Å²) in [6.45, 7) is 0.211. The summed E-state index contributed by atoms with van der Waals surface area (Å²) in [5, 5.41) is 10.9. The van der Waals surface area contributed by atoms with Crippen molar-refractivity contribution in [1.29, 1.82) is 0 Å². The van der Waals surface area contributed by atoms with Crippen molar-refractivity contribution >= 4 is 5.97 Å². The van der Waals surface area contributed by atoms with Gasteiger partial charge in [-0.1, -0.05) is 18.2 Å². The summed E-state index contributed by atoms with van der Waals surface area (Å²) in [6.07, 6.45) is -3.33. The molecule has 3 nitrogen and oxygen atoms in total. The number of carboxylic acid groups (broad SMARTS) is 1. The fourth-order valence-electron chi connectivity index (χ4n) is 4.07. The summed E-state index contributed by atoms with van der Waals surface area (Å²) < 4.78 is 52.6. The maximum Gasteiger partial charge on any atom is 1.00 e. The first-order valence-corrected chi connectivity index (χ1v) is 8.99. The van der Waals surface area contributed by atoms with Gasteiger partial charge in [-0.25, -0.2) is 4.39 Å². The number of aliphatic carboxylic acids is 1. The maximum atomic E-state index is 13.4. The first-order valence-electron chi connectivity index (χ1n) is 8.99. The third-order valence-electron chi connectivity index (χ3n) is 5.24. The molecule has 0 spiro atoms. The molecule has 0 amide bonds. The number of hydrogen-bond donors (Lipinski definition) is 0. The Morgan fingerprint density at radius 3 is 2.41 bits per heavy atom. The van der Waals surface area contributed by atoms with Crippen molar-refractivity contribution in [1.82, 2.24) is 4.90 Å². The van der Waals surface area contributed by atoms with Gasteiger partial charge in [-0.05, 0) is 66.8 Å². The molecule has 3 rings (SSSR count). The van der Waals surface area contributed by atoms with Crippen molar-refractivity contribution in [3.8, 4) is 0 Å². The number of likely N-dealkylation sites (N-methyl/N-ethyl adjacent to an activating group) is 1. The second kappa shape index (κ2) is 9.33. The Bertz CT molecular complexity index is 855. The summed E-state index contributed by atoms with van der Waals surface area (Å²) >= 11 is 0. The van der Waals surface area contributed by atoms with E-state index in [1.807, 2.05) is 0 Å². The van der Waals surface area contributed by atoms with Crippen LogP contribution in [0.3, 0.4) is 0 Å². The third-order valence-corrected chi connectivity index (χ3v) is 5.24. The topological polar surface area (TPSA) is 43.4 Å². The molecular weight excluding hydrogens is 381 g/mol. The molecule has 8 heteroatoms. The van der Waals surface area contributed by atoms with Gasteiger partial charge in [-0.2, -0.15) is 13.2 Å². The van der Waals surface area contributed by atoms with E-state index < -0.39 is 23.5 Å². The number of fused-ring (bicyclic) bond motifs is 1. The van der Waals surface area contributed by atoms with E-state index in [4.69, 9.17) is 0 Å². The smallest absolute Gasteiger partial charge is 0.549 e. The van der Waals surface area contributed by atoms with Crippen molar-refractivity contribution in [3.05, 3.63) is 70.5 Å². The molecule has 2 aromatic carbocycles. The van der Waals surface area contributed by atoms with Crippen LogP contribution in [0.25, 0.3) is 0 Å². The number of carbonyl (C=O) groups excluding carboxylic acids is 1. The quantitative estimate of drug-likeness (QED) is 0.532. The van der Waals surface area contributed by atoms with E-state index in [1.54, 1.807) is 24.1 Å². The maximum absolute atomic E-state index is 13.4. The van der Waals surface area contributed by atoms with Gasteiger partial charge in [0.05, 0.1) is 11.5 Å². The zero-order valence-electron chi connectivity index (χ0n) is 16.3. The molecule has 29 heavy (non-hydrogen) atoms. The molecule has 150 valence electrons. The monoisotopic (exact) mass is 401 g/mol. The predicted molar refractivity (Wildman–Crippen MR) is 94.0 cm³/mol. The van der Waals surface area contributed by atoms with E-state index in [-0.39, 0.29) is 37.2 Å². The Morgan fingerprint density at radius 2 is 1.83 bits per heavy atom. The second-order valence-corrected chi connectivity index (χ2v) is 7.31. The first-order chi connectivity index (χ1) is 13.1. The van der Waals surface area contributed by atoms with Crippen molar-refractivity contribution in [2.24, 2.45) is 5.92 Å². The van der Waals surface area contributed by atoms with Crippen LogP contribution in [0.15, 0.2) is 42.5 Å². The van der Waals surface area contributed by atoms with Crippen LogP contribution in [-0.2, 0) is 17.4 Å². The molecule has 0 aliphatic heterocycles. The van der Waals surface area contributed by atoms with Gasteiger partial charge in [0.2, 0.25) is 0 Å². The van der Waals surface area contributed by atoms with Crippen LogP contribution in [0.1, 0.15) is 34.6 Å². The van der Waals surface area contributed by atoms with E-state index in [9.17, 15) is 27.5 Å². The minimum absolute atomic E-state index is 0. The summed E-state index contributed by atoms with van der Waals surface area (Å²) in [7, 11) is 1.67. The van der Waals surface area contributed by atoms with Crippen LogP contribution in [0.4, 0.5) is 17.6 Å². The number of rotatable bonds is 5. The molecule has 1 aliphatic carbocycles. The van der Waals surface area contributed by atoms with Crippen molar-refractivity contribution in [2.75, 3.05) is 20.1 Å². The molecule has 0 radical (unpaired) electrons. The molecule has 2 unspecified atom stereocenters. The van der Waals surface area contributed by atoms with Gasteiger partial charge in [-0.3, -0.25) is 0 Å². The SMILES string of the molecule is CN(CC(=O)[O-])CC1CCc2cc(C(F)(F)F)ccc2C1c1ccc(F)cc1.[Li+]. The Morgan fingerprint density at radius 1 is 1.17 bits per heavy atom. The average Bonchev–Trinajstić information content (AvgIpc) is 2.60. The second-order valence-electron chi connectivity index (χ2n) is 7.31. The number of carbonyl (C=O) groups is 1. The molecule has 0 fully saturated rings. The number of nitrogens with zero attached hydrogens (tertiary/aromatic N) is 1. The molecular formula is C21H20F4LiNO2. The number of benzene rings is 2. The fraction of sp³-hybridized carbons (Fsp3) is 0.381. The van der Waals surface area contributed by atoms with Crippen LogP contribution in [0.5, 0.6) is 0 Å². The van der Waals surface area contributed by atoms with Gasteiger partial charge in [0.15, 0.2) is 0 Å². The molecule has 1 aliphatic rings. The van der Waals surface area contributed by atoms with E-state index in [0.717, 1.165) is 17.2 Å². The van der Waals surface area contributed by atoms with E-state index in [1.165, 1.54) is 24.3 Å². The number of hydrogen-bond acceptors (Lipinski definition) is 3. The third kappa shape index (κ3) is 5.63. The molecule has 0 N–H and O–H groups in total. The summed E-state index contributed by atoms with van der Waals surface area (Å²) in [5.41, 5.74) is 1.52. The number of carboxylic acids is 1. The van der Waals surface area contributed by atoms with Gasteiger partial charge < -0.3 is 14.8 Å². The van der Waals surface area contributed by atoms with Crippen molar-refractivity contribution in [3.63, 3.8) is 0 Å². The van der Waals surface area contributed by atoms with Crippen LogP contribution in [0, 0.1) is 11.7 Å². The molecule has 0 saturated heterocycles. The van der Waals surface area contributed by atoms with E-state index in [2.05, 4.69) is 0 Å². The molecule has 0 bridgehead atoms. The predicted octanol–water partition coefficient (Wildman–Crippen LogP) is 0.225. The minimum atomic E-state index is -4.41. The fourth-order valence-corrected chi connectivity index (χ4v) is 4.07. The Kier molecular flexibility index (Phi) is 7.55. The minimum Gasteiger partial charge on any atom is -0.549 e. The van der Waals surface area contributed by atoms with Crippen molar-refractivity contribution < 1.29 is 46.3 Å². The molecule has 2 aromatic rings. The van der Waals surface area contributed by atoms with Crippen molar-refractivity contribution in [2.45, 2.75) is 24.9 Å². The summed E-state index contributed by atoms with van der Waals surface area (Å²) in [5.74, 6) is -1.83. The molecule has 0 saturated carbocycles. The Hall–Kier alpha value is -1.81. The number of halogens is 4. The number of alkyl halides is 3. The van der Waals surface area contributed by atoms with E-state index >= 15 is 0 Å². The first kappa shape index (κ1) is 23.5. The Labute approximate surface area is 178 Å². The summed E-state index contributed by atoms with van der Waals surface area (Å²) in [4.78, 5) is 12.5. The van der Waals surface area contributed by atoms with Crippen LogP contribution >= 0.6 is 0 Å². The standard InChI is InChI=1S/C21H21F4NO2.Li/c1-26(12-19(27)28)11-15-3-2-14-10-16(21(23,24)25)6-9-18(14)20(15)13-4-7-17(22)8-5-13;/h4-10,15,20H,2-3,11-12H2,1H3,(H,27,28);/q;+1/p-1. The van der Waals surface area contributed by atoms with Crippen LogP contribution < -0.4 is 24.0 Å². The van der Waals surface area contributed by atoms with Crippen LogP contribution in [-0.4, -0.2) is 31.0 Å². The zero-order chi connectivity index (χ0) is 20.5. The Balaban J connectivity index is 0.00000300. The molecule has 0 heterocycles.